The molecule has 0 bridgehead atoms. The molecule has 0 aliphatic carbocycles. The molecule has 1 heterocycles. The van der Waals surface area contributed by atoms with Crippen LogP contribution in [0.2, 0.25) is 5.02 Å². The summed E-state index contributed by atoms with van der Waals surface area (Å²) in [7, 11) is 0. The summed E-state index contributed by atoms with van der Waals surface area (Å²) >= 11 is 7.71. The molecule has 3 rings (SSSR count). The van der Waals surface area contributed by atoms with Crippen LogP contribution in [-0.4, -0.2) is 11.7 Å². The molecule has 2 aromatic carbocycles. The lowest BCUT2D eigenvalue weighted by molar-refractivity contribution is 0.354. The van der Waals surface area contributed by atoms with Crippen molar-refractivity contribution in [1.29, 1.82) is 0 Å². The first-order chi connectivity index (χ1) is 9.24. The minimum Gasteiger partial charge on any atom is -0.507 e. The number of benzene rings is 2. The van der Waals surface area contributed by atoms with Crippen molar-refractivity contribution >= 4 is 23.4 Å². The first-order valence-electron chi connectivity index (χ1n) is 6.09. The Morgan fingerprint density at radius 2 is 2.11 bits per heavy atom. The topological polar surface area (TPSA) is 29.5 Å². The fourth-order valence-corrected chi connectivity index (χ4v) is 3.37. The largest absolute Gasteiger partial charge is 0.507 e. The van der Waals surface area contributed by atoms with Crippen molar-refractivity contribution in [2.45, 2.75) is 17.1 Å². The second-order valence-electron chi connectivity index (χ2n) is 4.41. The third-order valence-electron chi connectivity index (χ3n) is 3.07. The number of rotatable bonds is 3. The average molecular weight is 293 g/mol. The molecule has 0 unspecified atom stereocenters. The van der Waals surface area contributed by atoms with Crippen LogP contribution in [0.4, 0.5) is 0 Å². The molecule has 0 atom stereocenters. The van der Waals surface area contributed by atoms with Gasteiger partial charge >= 0.3 is 0 Å². The predicted octanol–water partition coefficient (Wildman–Crippen LogP) is 4.27. The monoisotopic (exact) mass is 292 g/mol. The van der Waals surface area contributed by atoms with E-state index in [0.29, 0.717) is 5.75 Å². The van der Waals surface area contributed by atoms with E-state index in [-0.39, 0.29) is 0 Å². The van der Waals surface area contributed by atoms with Crippen LogP contribution in [0.25, 0.3) is 0 Å². The molecule has 98 valence electrons. The number of phenolic OH excluding ortho intramolecular Hbond substituents is 1. The predicted molar refractivity (Wildman–Crippen MR) is 78.3 cm³/mol. The standard InChI is InChI=1S/C15H13ClO2S/c16-12-7-10-5-6-18-15(10)11(8-12)9-19-14-4-2-1-3-13(14)17/h1-4,7-8,17H,5-6,9H2. The molecule has 1 aliphatic heterocycles. The molecule has 0 aromatic heterocycles. The Balaban J connectivity index is 1.83. The van der Waals surface area contributed by atoms with Crippen molar-refractivity contribution in [2.75, 3.05) is 6.61 Å². The molecule has 0 radical (unpaired) electrons. The lowest BCUT2D eigenvalue weighted by Gasteiger charge is -2.09. The number of phenols is 1. The van der Waals surface area contributed by atoms with Gasteiger partial charge in [-0.3, -0.25) is 0 Å². The van der Waals surface area contributed by atoms with Gasteiger partial charge in [0.15, 0.2) is 0 Å². The molecule has 2 nitrogen and oxygen atoms in total. The summed E-state index contributed by atoms with van der Waals surface area (Å²) in [5.74, 6) is 2.01. The summed E-state index contributed by atoms with van der Waals surface area (Å²) in [6, 6.07) is 11.3. The summed E-state index contributed by atoms with van der Waals surface area (Å²) in [6.07, 6.45) is 0.921. The number of hydrogen-bond acceptors (Lipinski definition) is 3. The third-order valence-corrected chi connectivity index (χ3v) is 4.40. The van der Waals surface area contributed by atoms with E-state index in [9.17, 15) is 5.11 Å². The van der Waals surface area contributed by atoms with Crippen molar-refractivity contribution in [1.82, 2.24) is 0 Å². The number of hydrogen-bond donors (Lipinski definition) is 1. The van der Waals surface area contributed by atoms with E-state index in [2.05, 4.69) is 0 Å². The maximum absolute atomic E-state index is 9.76. The highest BCUT2D eigenvalue weighted by molar-refractivity contribution is 7.98. The molecule has 0 saturated heterocycles. The fourth-order valence-electron chi connectivity index (χ4n) is 2.19. The van der Waals surface area contributed by atoms with E-state index in [1.165, 1.54) is 5.56 Å². The van der Waals surface area contributed by atoms with E-state index in [1.807, 2.05) is 30.3 Å². The van der Waals surface area contributed by atoms with Gasteiger partial charge in [0.2, 0.25) is 0 Å². The van der Waals surface area contributed by atoms with Crippen LogP contribution < -0.4 is 4.74 Å². The highest BCUT2D eigenvalue weighted by atomic mass is 35.5. The molecule has 2 aromatic rings. The summed E-state index contributed by atoms with van der Waals surface area (Å²) < 4.78 is 5.67. The Hall–Kier alpha value is -1.32. The van der Waals surface area contributed by atoms with Gasteiger partial charge in [0.25, 0.3) is 0 Å². The van der Waals surface area contributed by atoms with Gasteiger partial charge in [-0.25, -0.2) is 0 Å². The third kappa shape index (κ3) is 2.67. The second-order valence-corrected chi connectivity index (χ2v) is 5.86. The molecule has 1 aliphatic rings. The normalized spacial score (nSPS) is 13.1. The van der Waals surface area contributed by atoms with Crippen molar-refractivity contribution in [3.05, 3.63) is 52.5 Å². The Kier molecular flexibility index (Phi) is 3.58. The van der Waals surface area contributed by atoms with E-state index < -0.39 is 0 Å². The van der Waals surface area contributed by atoms with Crippen LogP contribution in [0.5, 0.6) is 11.5 Å². The van der Waals surface area contributed by atoms with Crippen molar-refractivity contribution in [3.63, 3.8) is 0 Å². The lowest BCUT2D eigenvalue weighted by atomic mass is 10.1. The van der Waals surface area contributed by atoms with Gasteiger partial charge in [-0.15, -0.1) is 11.8 Å². The summed E-state index contributed by atoms with van der Waals surface area (Å²) in [6.45, 7) is 0.726. The van der Waals surface area contributed by atoms with Crippen LogP contribution in [0, 0.1) is 0 Å². The summed E-state index contributed by atoms with van der Waals surface area (Å²) in [5, 5.41) is 10.5. The molecule has 1 N–H and O–H groups in total. The number of ether oxygens (including phenoxy) is 1. The highest BCUT2D eigenvalue weighted by Gasteiger charge is 2.17. The number of para-hydroxylation sites is 1. The molecule has 19 heavy (non-hydrogen) atoms. The molecule has 0 amide bonds. The SMILES string of the molecule is Oc1ccccc1SCc1cc(Cl)cc2c1OCC2. The van der Waals surface area contributed by atoms with Crippen molar-refractivity contribution in [3.8, 4) is 11.5 Å². The van der Waals surface area contributed by atoms with E-state index in [4.69, 9.17) is 16.3 Å². The molecule has 4 heteroatoms. The Labute approximate surface area is 121 Å². The first-order valence-corrected chi connectivity index (χ1v) is 7.45. The average Bonchev–Trinajstić information content (AvgIpc) is 2.85. The molecular weight excluding hydrogens is 280 g/mol. The Morgan fingerprint density at radius 1 is 1.26 bits per heavy atom. The Bertz CT molecular complexity index is 613. The van der Waals surface area contributed by atoms with E-state index in [0.717, 1.165) is 40.0 Å². The minimum absolute atomic E-state index is 0.312. The number of fused-ring (bicyclic) bond motifs is 1. The molecular formula is C15H13ClO2S. The van der Waals surface area contributed by atoms with Gasteiger partial charge in [0.05, 0.1) is 6.61 Å². The maximum atomic E-state index is 9.76. The number of thioether (sulfide) groups is 1. The van der Waals surface area contributed by atoms with Gasteiger partial charge in [0.1, 0.15) is 11.5 Å². The molecule has 0 fully saturated rings. The van der Waals surface area contributed by atoms with Crippen LogP contribution in [-0.2, 0) is 12.2 Å². The highest BCUT2D eigenvalue weighted by Crippen LogP contribution is 2.38. The zero-order valence-electron chi connectivity index (χ0n) is 10.2. The number of halogens is 1. The minimum atomic E-state index is 0.312. The lowest BCUT2D eigenvalue weighted by Crippen LogP contribution is -1.90. The van der Waals surface area contributed by atoms with Gasteiger partial charge in [-0.05, 0) is 29.8 Å². The summed E-state index contributed by atoms with van der Waals surface area (Å²) in [5.41, 5.74) is 2.27. The van der Waals surface area contributed by atoms with E-state index in [1.54, 1.807) is 17.8 Å². The van der Waals surface area contributed by atoms with Crippen LogP contribution in [0.1, 0.15) is 11.1 Å². The van der Waals surface area contributed by atoms with Crippen LogP contribution in [0.15, 0.2) is 41.3 Å². The quantitative estimate of drug-likeness (QED) is 0.857. The van der Waals surface area contributed by atoms with Crippen LogP contribution in [0.3, 0.4) is 0 Å². The van der Waals surface area contributed by atoms with E-state index >= 15 is 0 Å². The molecule has 0 spiro atoms. The summed E-state index contributed by atoms with van der Waals surface area (Å²) in [4.78, 5) is 0.870. The maximum Gasteiger partial charge on any atom is 0.129 e. The Morgan fingerprint density at radius 3 is 2.95 bits per heavy atom. The second kappa shape index (κ2) is 5.35. The van der Waals surface area contributed by atoms with Gasteiger partial charge in [-0.2, -0.15) is 0 Å². The van der Waals surface area contributed by atoms with Gasteiger partial charge < -0.3 is 9.84 Å². The van der Waals surface area contributed by atoms with Gasteiger partial charge in [-0.1, -0.05) is 23.7 Å². The molecule has 0 saturated carbocycles. The first kappa shape index (κ1) is 12.7. The zero-order chi connectivity index (χ0) is 13.2. The van der Waals surface area contributed by atoms with Crippen molar-refractivity contribution < 1.29 is 9.84 Å². The zero-order valence-corrected chi connectivity index (χ0v) is 11.8. The van der Waals surface area contributed by atoms with Crippen LogP contribution >= 0.6 is 23.4 Å². The fraction of sp³-hybridized carbons (Fsp3) is 0.200. The van der Waals surface area contributed by atoms with Crippen molar-refractivity contribution in [2.24, 2.45) is 0 Å². The number of aromatic hydroxyl groups is 1. The smallest absolute Gasteiger partial charge is 0.129 e. The van der Waals surface area contributed by atoms with Gasteiger partial charge in [0, 0.05) is 27.7 Å².